The number of aromatic nitrogens is 4. The van der Waals surface area contributed by atoms with Crippen molar-refractivity contribution < 1.29 is 0 Å². The van der Waals surface area contributed by atoms with Crippen molar-refractivity contribution in [3.8, 4) is 0 Å². The molecule has 19 heavy (non-hydrogen) atoms. The highest BCUT2D eigenvalue weighted by molar-refractivity contribution is 5.89. The Morgan fingerprint density at radius 1 is 1.32 bits per heavy atom. The highest BCUT2D eigenvalue weighted by atomic mass is 15.3. The minimum absolute atomic E-state index is 0.304. The standard InChI is InChI=1S/C12H19N7/c1-6(2)8-9-10(18-17-8)11(16-12(13)15-9)19-4-7(5-19)14-3/h6-7,14H,4-5H2,1-3H3,(H,17,18)(H2,13,15,16). The summed E-state index contributed by atoms with van der Waals surface area (Å²) in [4.78, 5) is 10.8. The van der Waals surface area contributed by atoms with E-state index in [0.717, 1.165) is 35.6 Å². The van der Waals surface area contributed by atoms with E-state index in [1.165, 1.54) is 0 Å². The quantitative estimate of drug-likeness (QED) is 0.743. The number of nitrogens with zero attached hydrogens (tertiary/aromatic N) is 4. The second-order valence-electron chi connectivity index (χ2n) is 5.29. The Hall–Kier alpha value is -1.89. The van der Waals surface area contributed by atoms with Crippen LogP contribution in [0.3, 0.4) is 0 Å². The van der Waals surface area contributed by atoms with Gasteiger partial charge >= 0.3 is 0 Å². The van der Waals surface area contributed by atoms with E-state index in [4.69, 9.17) is 5.73 Å². The lowest BCUT2D eigenvalue weighted by atomic mass is 10.1. The zero-order chi connectivity index (χ0) is 13.6. The smallest absolute Gasteiger partial charge is 0.222 e. The fraction of sp³-hybridized carbons (Fsp3) is 0.583. The molecule has 0 radical (unpaired) electrons. The maximum absolute atomic E-state index is 5.83. The zero-order valence-electron chi connectivity index (χ0n) is 11.4. The fourth-order valence-corrected chi connectivity index (χ4v) is 2.38. The number of anilines is 2. The molecular weight excluding hydrogens is 242 g/mol. The van der Waals surface area contributed by atoms with Gasteiger partial charge in [-0.2, -0.15) is 10.1 Å². The maximum atomic E-state index is 5.83. The van der Waals surface area contributed by atoms with Crippen LogP contribution in [0.15, 0.2) is 0 Å². The number of hydrogen-bond donors (Lipinski definition) is 3. The van der Waals surface area contributed by atoms with Crippen LogP contribution in [0.2, 0.25) is 0 Å². The van der Waals surface area contributed by atoms with Gasteiger partial charge in [-0.1, -0.05) is 13.8 Å². The Bertz CT molecular complexity index is 597. The summed E-state index contributed by atoms with van der Waals surface area (Å²) in [6.45, 7) is 6.05. The molecule has 0 atom stereocenters. The van der Waals surface area contributed by atoms with E-state index >= 15 is 0 Å². The van der Waals surface area contributed by atoms with Gasteiger partial charge in [0.05, 0.1) is 5.69 Å². The number of rotatable bonds is 3. The molecule has 1 aliphatic heterocycles. The first kappa shape index (κ1) is 12.2. The molecule has 1 saturated heterocycles. The zero-order valence-corrected chi connectivity index (χ0v) is 11.4. The lowest BCUT2D eigenvalue weighted by Crippen LogP contribution is -2.57. The Morgan fingerprint density at radius 2 is 2.05 bits per heavy atom. The molecule has 4 N–H and O–H groups in total. The molecule has 7 nitrogen and oxygen atoms in total. The second kappa shape index (κ2) is 4.34. The molecule has 3 heterocycles. The highest BCUT2D eigenvalue weighted by Gasteiger charge is 2.29. The molecule has 0 saturated carbocycles. The predicted molar refractivity (Wildman–Crippen MR) is 75.2 cm³/mol. The first-order chi connectivity index (χ1) is 9.10. The Morgan fingerprint density at radius 3 is 2.68 bits per heavy atom. The van der Waals surface area contributed by atoms with Gasteiger partial charge < -0.3 is 16.0 Å². The van der Waals surface area contributed by atoms with E-state index < -0.39 is 0 Å². The van der Waals surface area contributed by atoms with Gasteiger partial charge in [-0.15, -0.1) is 0 Å². The largest absolute Gasteiger partial charge is 0.368 e. The molecule has 2 aromatic rings. The number of fused-ring (bicyclic) bond motifs is 1. The molecule has 3 rings (SSSR count). The normalized spacial score (nSPS) is 16.3. The van der Waals surface area contributed by atoms with E-state index in [2.05, 4.69) is 44.2 Å². The summed E-state index contributed by atoms with van der Waals surface area (Å²) in [5.41, 5.74) is 8.49. The van der Waals surface area contributed by atoms with Crippen LogP contribution in [0.4, 0.5) is 11.8 Å². The van der Waals surface area contributed by atoms with Crippen molar-refractivity contribution in [1.29, 1.82) is 0 Å². The Labute approximate surface area is 111 Å². The van der Waals surface area contributed by atoms with Gasteiger partial charge in [0.25, 0.3) is 0 Å². The Kier molecular flexibility index (Phi) is 2.78. The molecule has 1 aliphatic rings. The third kappa shape index (κ3) is 1.90. The summed E-state index contributed by atoms with van der Waals surface area (Å²) < 4.78 is 0. The van der Waals surface area contributed by atoms with Gasteiger partial charge in [0.15, 0.2) is 11.3 Å². The van der Waals surface area contributed by atoms with E-state index in [1.807, 2.05) is 7.05 Å². The van der Waals surface area contributed by atoms with Gasteiger partial charge in [-0.3, -0.25) is 5.10 Å². The first-order valence-electron chi connectivity index (χ1n) is 6.53. The lowest BCUT2D eigenvalue weighted by molar-refractivity contribution is 0.448. The fourth-order valence-electron chi connectivity index (χ4n) is 2.38. The van der Waals surface area contributed by atoms with Crippen molar-refractivity contribution in [2.75, 3.05) is 30.8 Å². The summed E-state index contributed by atoms with van der Waals surface area (Å²) in [6.07, 6.45) is 0. The van der Waals surface area contributed by atoms with Crippen LogP contribution in [0.5, 0.6) is 0 Å². The number of nitrogen functional groups attached to an aromatic ring is 1. The molecule has 0 amide bonds. The van der Waals surface area contributed by atoms with Gasteiger partial charge in [0.2, 0.25) is 5.95 Å². The molecule has 0 spiro atoms. The van der Waals surface area contributed by atoms with Crippen molar-refractivity contribution in [2.24, 2.45) is 0 Å². The van der Waals surface area contributed by atoms with Crippen LogP contribution in [0, 0.1) is 0 Å². The monoisotopic (exact) mass is 261 g/mol. The summed E-state index contributed by atoms with van der Waals surface area (Å²) in [5.74, 6) is 1.46. The van der Waals surface area contributed by atoms with Crippen LogP contribution in [-0.2, 0) is 0 Å². The minimum atomic E-state index is 0.304. The molecule has 0 bridgehead atoms. The second-order valence-corrected chi connectivity index (χ2v) is 5.29. The average Bonchev–Trinajstić information content (AvgIpc) is 2.70. The average molecular weight is 261 g/mol. The van der Waals surface area contributed by atoms with Gasteiger partial charge in [-0.25, -0.2) is 4.98 Å². The van der Waals surface area contributed by atoms with E-state index in [1.54, 1.807) is 0 Å². The third-order valence-electron chi connectivity index (χ3n) is 3.59. The summed E-state index contributed by atoms with van der Waals surface area (Å²) in [5, 5.41) is 10.7. The van der Waals surface area contributed by atoms with Crippen LogP contribution < -0.4 is 16.0 Å². The van der Waals surface area contributed by atoms with E-state index in [9.17, 15) is 0 Å². The van der Waals surface area contributed by atoms with Crippen molar-refractivity contribution in [1.82, 2.24) is 25.5 Å². The molecule has 2 aromatic heterocycles. The number of nitrogens with two attached hydrogens (primary N) is 1. The van der Waals surface area contributed by atoms with Crippen molar-refractivity contribution in [3.63, 3.8) is 0 Å². The number of nitrogens with one attached hydrogen (secondary N) is 2. The van der Waals surface area contributed by atoms with E-state index in [-0.39, 0.29) is 0 Å². The van der Waals surface area contributed by atoms with Crippen LogP contribution in [0.25, 0.3) is 11.0 Å². The van der Waals surface area contributed by atoms with Crippen LogP contribution in [0.1, 0.15) is 25.5 Å². The van der Waals surface area contributed by atoms with Crippen LogP contribution in [-0.4, -0.2) is 46.3 Å². The maximum Gasteiger partial charge on any atom is 0.222 e. The van der Waals surface area contributed by atoms with Crippen molar-refractivity contribution in [3.05, 3.63) is 5.69 Å². The number of aromatic amines is 1. The molecule has 0 unspecified atom stereocenters. The number of hydrogen-bond acceptors (Lipinski definition) is 6. The minimum Gasteiger partial charge on any atom is -0.368 e. The molecule has 1 fully saturated rings. The van der Waals surface area contributed by atoms with Gasteiger partial charge in [0, 0.05) is 19.1 Å². The predicted octanol–water partition coefficient (Wildman–Crippen LogP) is 0.466. The molecule has 7 heteroatoms. The van der Waals surface area contributed by atoms with Crippen molar-refractivity contribution >= 4 is 22.8 Å². The van der Waals surface area contributed by atoms with Crippen LogP contribution >= 0.6 is 0 Å². The topological polar surface area (TPSA) is 95.7 Å². The molecule has 102 valence electrons. The highest BCUT2D eigenvalue weighted by Crippen LogP contribution is 2.30. The summed E-state index contributed by atoms with van der Waals surface area (Å²) >= 11 is 0. The SMILES string of the molecule is CNC1CN(c2nc(N)nc3c(C(C)C)[nH]nc23)C1. The third-order valence-corrected chi connectivity index (χ3v) is 3.59. The molecule has 0 aromatic carbocycles. The Balaban J connectivity index is 2.05. The lowest BCUT2D eigenvalue weighted by Gasteiger charge is -2.39. The van der Waals surface area contributed by atoms with E-state index in [0.29, 0.717) is 17.9 Å². The van der Waals surface area contributed by atoms with Gasteiger partial charge in [0.1, 0.15) is 5.52 Å². The number of H-pyrrole nitrogens is 1. The summed E-state index contributed by atoms with van der Waals surface area (Å²) in [6, 6.07) is 0.509. The molecular formula is C12H19N7. The first-order valence-corrected chi connectivity index (χ1v) is 6.53. The number of likely N-dealkylation sites (N-methyl/N-ethyl adjacent to an activating group) is 1. The van der Waals surface area contributed by atoms with Gasteiger partial charge in [-0.05, 0) is 13.0 Å². The van der Waals surface area contributed by atoms with Crippen molar-refractivity contribution in [2.45, 2.75) is 25.8 Å². The summed E-state index contributed by atoms with van der Waals surface area (Å²) in [7, 11) is 1.97. The molecule has 0 aliphatic carbocycles.